The number of carbonyl (C=O) groups excluding carboxylic acids is 2. The Balaban J connectivity index is 1.77. The van der Waals surface area contributed by atoms with Crippen molar-refractivity contribution >= 4 is 34.0 Å². The molecule has 0 aliphatic carbocycles. The van der Waals surface area contributed by atoms with Crippen LogP contribution < -0.4 is 15.8 Å². The number of halogens is 1. The van der Waals surface area contributed by atoms with Crippen LogP contribution in [-0.2, 0) is 4.79 Å². The molecule has 3 N–H and O–H groups in total. The number of para-hydroxylation sites is 1. The van der Waals surface area contributed by atoms with Gasteiger partial charge in [0.2, 0.25) is 5.91 Å². The average molecular weight is 473 g/mol. The van der Waals surface area contributed by atoms with Crippen LogP contribution in [0.3, 0.4) is 0 Å². The van der Waals surface area contributed by atoms with Gasteiger partial charge in [-0.2, -0.15) is 0 Å². The number of allylic oxidation sites excluding steroid dienone is 1. The lowest BCUT2D eigenvalue weighted by Crippen LogP contribution is -2.17. The molecule has 178 valence electrons. The van der Waals surface area contributed by atoms with Gasteiger partial charge < -0.3 is 20.2 Å². The number of furan rings is 1. The molecule has 0 aliphatic heterocycles. The number of anilines is 1. The molecule has 2 amide bonds. The van der Waals surface area contributed by atoms with Crippen LogP contribution in [0.5, 0.6) is 5.75 Å². The summed E-state index contributed by atoms with van der Waals surface area (Å²) in [6.07, 6.45) is 3.08. The number of aryl methyl sites for hydroxylation is 1. The minimum atomic E-state index is -0.630. The van der Waals surface area contributed by atoms with Crippen molar-refractivity contribution in [3.8, 4) is 16.9 Å². The van der Waals surface area contributed by atoms with Gasteiger partial charge in [-0.3, -0.25) is 9.59 Å². The summed E-state index contributed by atoms with van der Waals surface area (Å²) < 4.78 is 25.3. The molecule has 3 aromatic carbocycles. The van der Waals surface area contributed by atoms with Gasteiger partial charge >= 0.3 is 0 Å². The third-order valence-electron chi connectivity index (χ3n) is 5.71. The van der Waals surface area contributed by atoms with Crippen LogP contribution >= 0.6 is 0 Å². The van der Waals surface area contributed by atoms with Crippen molar-refractivity contribution in [1.82, 2.24) is 0 Å². The first kappa shape index (κ1) is 23.8. The van der Waals surface area contributed by atoms with Crippen LogP contribution in [0.2, 0.25) is 0 Å². The molecule has 0 aliphatic rings. The third-order valence-corrected chi connectivity index (χ3v) is 5.71. The molecule has 0 spiro atoms. The van der Waals surface area contributed by atoms with Crippen LogP contribution in [0.15, 0.2) is 71.4 Å². The van der Waals surface area contributed by atoms with Crippen molar-refractivity contribution < 1.29 is 23.1 Å². The van der Waals surface area contributed by atoms with Gasteiger partial charge in [0.25, 0.3) is 5.91 Å². The van der Waals surface area contributed by atoms with Gasteiger partial charge in [-0.15, -0.1) is 0 Å². The van der Waals surface area contributed by atoms with E-state index >= 15 is 0 Å². The quantitative estimate of drug-likeness (QED) is 0.318. The Labute approximate surface area is 202 Å². The molecular formula is C28H25FN2O4. The van der Waals surface area contributed by atoms with Crippen molar-refractivity contribution in [3.63, 3.8) is 0 Å². The number of carbonyl (C=O) groups is 2. The first-order valence-electron chi connectivity index (χ1n) is 11.1. The van der Waals surface area contributed by atoms with Crippen molar-refractivity contribution in [2.24, 2.45) is 5.73 Å². The van der Waals surface area contributed by atoms with Gasteiger partial charge in [0.15, 0.2) is 0 Å². The summed E-state index contributed by atoms with van der Waals surface area (Å²) in [5, 5.41) is 3.54. The van der Waals surface area contributed by atoms with E-state index in [1.165, 1.54) is 18.2 Å². The van der Waals surface area contributed by atoms with Gasteiger partial charge in [0, 0.05) is 28.2 Å². The van der Waals surface area contributed by atoms with E-state index in [1.54, 1.807) is 49.6 Å². The van der Waals surface area contributed by atoms with E-state index in [0.29, 0.717) is 29.2 Å². The molecule has 6 nitrogen and oxygen atoms in total. The summed E-state index contributed by atoms with van der Waals surface area (Å²) in [5.74, 6) is -0.754. The summed E-state index contributed by atoms with van der Waals surface area (Å²) >= 11 is 0. The third kappa shape index (κ3) is 4.80. The highest BCUT2D eigenvalue weighted by atomic mass is 19.1. The number of rotatable bonds is 7. The van der Waals surface area contributed by atoms with Crippen LogP contribution in [0.25, 0.3) is 27.7 Å². The van der Waals surface area contributed by atoms with Gasteiger partial charge in [0.1, 0.15) is 17.1 Å². The molecule has 4 rings (SSSR count). The fourth-order valence-electron chi connectivity index (χ4n) is 4.04. The lowest BCUT2D eigenvalue weighted by molar-refractivity contribution is -0.111. The maximum atomic E-state index is 13.4. The zero-order chi connectivity index (χ0) is 25.1. The highest BCUT2D eigenvalue weighted by Crippen LogP contribution is 2.40. The average Bonchev–Trinajstić information content (AvgIpc) is 3.25. The largest absolute Gasteiger partial charge is 0.493 e. The van der Waals surface area contributed by atoms with Gasteiger partial charge in [-0.1, -0.05) is 24.3 Å². The minimum Gasteiger partial charge on any atom is -0.493 e. The Hall–Kier alpha value is -4.39. The molecule has 0 unspecified atom stereocenters. The lowest BCUT2D eigenvalue weighted by atomic mass is 9.96. The summed E-state index contributed by atoms with van der Waals surface area (Å²) in [4.78, 5) is 24.5. The highest BCUT2D eigenvalue weighted by molar-refractivity contribution is 6.09. The van der Waals surface area contributed by atoms with E-state index in [-0.39, 0.29) is 11.4 Å². The van der Waals surface area contributed by atoms with Crippen LogP contribution in [0, 0.1) is 12.7 Å². The van der Waals surface area contributed by atoms with Crippen molar-refractivity contribution in [2.45, 2.75) is 20.8 Å². The SMILES string of the molecule is CCOc1c(/C(C)=C/C(=O)Nc2ccccc2C(N)=O)cc2c(-c3ccc(F)cc3)coc2c1C. The first-order valence-corrected chi connectivity index (χ1v) is 11.1. The number of nitrogens with two attached hydrogens (primary N) is 1. The number of benzene rings is 3. The zero-order valence-electron chi connectivity index (χ0n) is 19.6. The first-order chi connectivity index (χ1) is 16.8. The predicted octanol–water partition coefficient (Wildman–Crippen LogP) is 6.09. The number of ether oxygens (including phenoxy) is 1. The summed E-state index contributed by atoms with van der Waals surface area (Å²) in [6, 6.07) is 14.6. The molecule has 4 aromatic rings. The molecule has 0 fully saturated rings. The minimum absolute atomic E-state index is 0.224. The summed E-state index contributed by atoms with van der Waals surface area (Å²) in [5.41, 5.74) is 10.4. The number of amides is 2. The Kier molecular flexibility index (Phi) is 6.68. The predicted molar refractivity (Wildman–Crippen MR) is 135 cm³/mol. The van der Waals surface area contributed by atoms with E-state index < -0.39 is 11.8 Å². The molecule has 0 saturated heterocycles. The van der Waals surface area contributed by atoms with Crippen molar-refractivity contribution in [1.29, 1.82) is 0 Å². The maximum absolute atomic E-state index is 13.4. The number of hydrogen-bond acceptors (Lipinski definition) is 4. The number of nitrogens with one attached hydrogen (secondary N) is 1. The Morgan fingerprint density at radius 2 is 1.83 bits per heavy atom. The van der Waals surface area contributed by atoms with E-state index in [4.69, 9.17) is 14.9 Å². The molecule has 0 saturated carbocycles. The Morgan fingerprint density at radius 1 is 1.11 bits per heavy atom. The molecule has 1 aromatic heterocycles. The highest BCUT2D eigenvalue weighted by Gasteiger charge is 2.19. The van der Waals surface area contributed by atoms with Crippen LogP contribution in [-0.4, -0.2) is 18.4 Å². The number of primary amides is 1. The fourth-order valence-corrected chi connectivity index (χ4v) is 4.04. The summed E-state index contributed by atoms with van der Waals surface area (Å²) in [6.45, 7) is 6.01. The molecule has 0 radical (unpaired) electrons. The van der Waals surface area contributed by atoms with Crippen molar-refractivity contribution in [3.05, 3.63) is 89.4 Å². The van der Waals surface area contributed by atoms with Gasteiger partial charge in [-0.05, 0) is 62.2 Å². The smallest absolute Gasteiger partial charge is 0.250 e. The molecular weight excluding hydrogens is 447 g/mol. The van der Waals surface area contributed by atoms with Gasteiger partial charge in [-0.25, -0.2) is 4.39 Å². The van der Waals surface area contributed by atoms with E-state index in [9.17, 15) is 14.0 Å². The monoisotopic (exact) mass is 472 g/mol. The summed E-state index contributed by atoms with van der Waals surface area (Å²) in [7, 11) is 0. The molecule has 0 atom stereocenters. The van der Waals surface area contributed by atoms with Gasteiger partial charge in [0.05, 0.1) is 24.1 Å². The Bertz CT molecular complexity index is 1450. The normalized spacial score (nSPS) is 11.5. The molecule has 0 bridgehead atoms. The molecule has 1 heterocycles. The zero-order valence-corrected chi connectivity index (χ0v) is 19.6. The van der Waals surface area contributed by atoms with Crippen LogP contribution in [0.1, 0.15) is 35.3 Å². The van der Waals surface area contributed by atoms with Crippen LogP contribution in [0.4, 0.5) is 10.1 Å². The number of hydrogen-bond donors (Lipinski definition) is 2. The van der Waals surface area contributed by atoms with E-state index in [0.717, 1.165) is 27.6 Å². The Morgan fingerprint density at radius 3 is 2.51 bits per heavy atom. The molecule has 7 heteroatoms. The van der Waals surface area contributed by atoms with E-state index in [1.807, 2.05) is 19.9 Å². The number of fused-ring (bicyclic) bond motifs is 1. The standard InChI is InChI=1S/C28H25FN2O4/c1-4-34-26-17(3)27-22(23(15-35-27)18-9-11-19(29)12-10-18)14-21(26)16(2)13-25(32)31-24-8-6-5-7-20(24)28(30)33/h5-15H,4H2,1-3H3,(H2,30,33)(H,31,32)/b16-13+. The lowest BCUT2D eigenvalue weighted by Gasteiger charge is -2.15. The second-order valence-corrected chi connectivity index (χ2v) is 8.07. The maximum Gasteiger partial charge on any atom is 0.250 e. The van der Waals surface area contributed by atoms with E-state index in [2.05, 4.69) is 5.32 Å². The topological polar surface area (TPSA) is 94.6 Å². The van der Waals surface area contributed by atoms with Crippen molar-refractivity contribution in [2.75, 3.05) is 11.9 Å². The molecule has 35 heavy (non-hydrogen) atoms. The second kappa shape index (κ2) is 9.85. The second-order valence-electron chi connectivity index (χ2n) is 8.07. The fraction of sp³-hybridized carbons (Fsp3) is 0.143.